The molecule has 0 aliphatic heterocycles. The number of fused-ring (bicyclic) bond motifs is 5. The number of rotatable bonds is 6. The number of aliphatic hydroxyl groups excluding tert-OH is 1. The summed E-state index contributed by atoms with van der Waals surface area (Å²) in [5.74, 6) is 4.31. The van der Waals surface area contributed by atoms with Crippen LogP contribution < -0.4 is 0 Å². The van der Waals surface area contributed by atoms with E-state index in [4.69, 9.17) is 4.43 Å². The van der Waals surface area contributed by atoms with E-state index < -0.39 is 8.32 Å². The molecule has 0 unspecified atom stereocenters. The molecule has 3 saturated carbocycles. The number of hydrogen-bond donors (Lipinski definition) is 1. The van der Waals surface area contributed by atoms with Crippen LogP contribution in [0.15, 0.2) is 11.6 Å². The van der Waals surface area contributed by atoms with Gasteiger partial charge in [0.1, 0.15) is 0 Å². The molecule has 2 nitrogen and oxygen atoms in total. The summed E-state index contributed by atoms with van der Waals surface area (Å²) in [7, 11) is -1.71. The van der Waals surface area contributed by atoms with Crippen molar-refractivity contribution in [1.29, 1.82) is 0 Å². The topological polar surface area (TPSA) is 29.5 Å². The first-order chi connectivity index (χ1) is 15.3. The van der Waals surface area contributed by atoms with Crippen LogP contribution in [0.3, 0.4) is 0 Å². The van der Waals surface area contributed by atoms with E-state index >= 15 is 0 Å². The summed E-state index contributed by atoms with van der Waals surface area (Å²) in [6.07, 6.45) is 16.2. The molecule has 190 valence electrons. The first-order valence-electron chi connectivity index (χ1n) is 14.3. The van der Waals surface area contributed by atoms with Crippen molar-refractivity contribution in [3.63, 3.8) is 0 Å². The molecule has 0 aromatic rings. The molecule has 0 aromatic carbocycles. The number of allylic oxidation sites excluding steroid dienone is 1. The summed E-state index contributed by atoms with van der Waals surface area (Å²) < 4.78 is 6.91. The van der Waals surface area contributed by atoms with E-state index in [0.29, 0.717) is 28.6 Å². The van der Waals surface area contributed by atoms with Crippen LogP contribution in [0.5, 0.6) is 0 Å². The van der Waals surface area contributed by atoms with E-state index in [9.17, 15) is 5.11 Å². The second-order valence-electron chi connectivity index (χ2n) is 14.6. The quantitative estimate of drug-likeness (QED) is 0.309. The zero-order chi connectivity index (χ0) is 24.2. The number of aliphatic hydroxyl groups is 1. The van der Waals surface area contributed by atoms with Gasteiger partial charge in [-0.25, -0.2) is 0 Å². The molecule has 3 fully saturated rings. The van der Waals surface area contributed by atoms with Gasteiger partial charge in [0.25, 0.3) is 0 Å². The molecule has 0 radical (unpaired) electrons. The Labute approximate surface area is 206 Å². The normalized spacial score (nSPS) is 42.2. The minimum Gasteiger partial charge on any atom is -0.414 e. The van der Waals surface area contributed by atoms with E-state index in [1.54, 1.807) is 5.57 Å². The molecule has 0 heterocycles. The van der Waals surface area contributed by atoms with Crippen LogP contribution in [0.1, 0.15) is 106 Å². The van der Waals surface area contributed by atoms with Crippen molar-refractivity contribution in [2.45, 2.75) is 130 Å². The third kappa shape index (κ3) is 4.46. The van der Waals surface area contributed by atoms with Crippen LogP contribution in [-0.4, -0.2) is 26.1 Å². The maximum absolute atomic E-state index is 9.35. The smallest absolute Gasteiger partial charge is 0.192 e. The fourth-order valence-electron chi connectivity index (χ4n) is 8.91. The van der Waals surface area contributed by atoms with Gasteiger partial charge in [-0.3, -0.25) is 0 Å². The Balaban J connectivity index is 1.49. The lowest BCUT2D eigenvalue weighted by Gasteiger charge is -2.59. The van der Waals surface area contributed by atoms with Crippen LogP contribution in [0.25, 0.3) is 0 Å². The van der Waals surface area contributed by atoms with Crippen molar-refractivity contribution in [1.82, 2.24) is 0 Å². The molecular formula is C30H54O2Si. The van der Waals surface area contributed by atoms with Gasteiger partial charge in [0, 0.05) is 12.7 Å². The fraction of sp³-hybridized carbons (Fsp3) is 0.933. The summed E-state index contributed by atoms with van der Waals surface area (Å²) in [5.41, 5.74) is 2.70. The highest BCUT2D eigenvalue weighted by Gasteiger charge is 2.59. The molecule has 4 aliphatic carbocycles. The molecule has 0 spiro atoms. The Bertz CT molecular complexity index is 736. The van der Waals surface area contributed by atoms with E-state index in [1.807, 2.05) is 0 Å². The lowest BCUT2D eigenvalue weighted by atomic mass is 9.47. The van der Waals surface area contributed by atoms with Crippen molar-refractivity contribution >= 4 is 8.32 Å². The SMILES string of the molecule is C[C@H](CCCO)[C@H]1CC[C@H]2[C@@H]3CC=C4C[C@@H](O[Si](C)(C)C(C)(C)C)CC[C@]4(C)[C@H]3CC[C@]12C. The average Bonchev–Trinajstić information content (AvgIpc) is 3.08. The highest BCUT2D eigenvalue weighted by Crippen LogP contribution is 2.67. The summed E-state index contributed by atoms with van der Waals surface area (Å²) in [6.45, 7) is 20.1. The molecule has 33 heavy (non-hydrogen) atoms. The van der Waals surface area contributed by atoms with Crippen LogP contribution in [0.4, 0.5) is 0 Å². The molecule has 0 amide bonds. The molecule has 8 atom stereocenters. The van der Waals surface area contributed by atoms with Gasteiger partial charge < -0.3 is 9.53 Å². The van der Waals surface area contributed by atoms with E-state index in [2.05, 4.69) is 60.7 Å². The van der Waals surface area contributed by atoms with Crippen molar-refractivity contribution in [2.24, 2.45) is 40.4 Å². The predicted molar refractivity (Wildman–Crippen MR) is 143 cm³/mol. The van der Waals surface area contributed by atoms with Crippen molar-refractivity contribution in [2.75, 3.05) is 6.61 Å². The Morgan fingerprint density at radius 2 is 1.82 bits per heavy atom. The summed E-state index contributed by atoms with van der Waals surface area (Å²) in [6, 6.07) is 0. The molecule has 0 saturated heterocycles. The highest BCUT2D eigenvalue weighted by atomic mass is 28.4. The standard InChI is InChI=1S/C30H54O2Si/c1-21(10-9-19-31)25-13-14-26-24-12-11-22-20-23(32-33(7,8)28(2,3)4)15-17-29(22,5)27(24)16-18-30(25,26)6/h11,21,23-27,31H,9-10,12-20H2,1-8H3/t21-,23+,24+,25-,26+,27+,29+,30-/m1/s1. The van der Waals surface area contributed by atoms with E-state index in [-0.39, 0.29) is 0 Å². The second kappa shape index (κ2) is 9.07. The van der Waals surface area contributed by atoms with Gasteiger partial charge in [0.15, 0.2) is 8.32 Å². The van der Waals surface area contributed by atoms with E-state index in [1.165, 1.54) is 57.8 Å². The Morgan fingerprint density at radius 3 is 2.48 bits per heavy atom. The van der Waals surface area contributed by atoms with Crippen molar-refractivity contribution < 1.29 is 9.53 Å². The van der Waals surface area contributed by atoms with E-state index in [0.717, 1.165) is 36.0 Å². The molecule has 3 heteroatoms. The largest absolute Gasteiger partial charge is 0.414 e. The van der Waals surface area contributed by atoms with Gasteiger partial charge in [-0.15, -0.1) is 0 Å². The maximum Gasteiger partial charge on any atom is 0.192 e. The summed E-state index contributed by atoms with van der Waals surface area (Å²) in [4.78, 5) is 0. The monoisotopic (exact) mass is 474 g/mol. The van der Waals surface area contributed by atoms with Gasteiger partial charge in [0.05, 0.1) is 0 Å². The van der Waals surface area contributed by atoms with Crippen LogP contribution in [0, 0.1) is 40.4 Å². The maximum atomic E-state index is 9.35. The first-order valence-corrected chi connectivity index (χ1v) is 17.2. The predicted octanol–water partition coefficient (Wildman–Crippen LogP) is 8.36. The van der Waals surface area contributed by atoms with Gasteiger partial charge in [0.2, 0.25) is 0 Å². The summed E-state index contributed by atoms with van der Waals surface area (Å²) >= 11 is 0. The number of hydrogen-bond acceptors (Lipinski definition) is 2. The third-order valence-electron chi connectivity index (χ3n) is 11.9. The molecule has 1 N–H and O–H groups in total. The molecule has 0 bridgehead atoms. The van der Waals surface area contributed by atoms with Crippen molar-refractivity contribution in [3.05, 3.63) is 11.6 Å². The second-order valence-corrected chi connectivity index (χ2v) is 19.3. The Morgan fingerprint density at radius 1 is 1.09 bits per heavy atom. The molecular weight excluding hydrogens is 420 g/mol. The Kier molecular flexibility index (Phi) is 7.14. The van der Waals surface area contributed by atoms with Gasteiger partial charge in [-0.1, -0.05) is 53.2 Å². The minimum atomic E-state index is -1.71. The molecule has 4 rings (SSSR count). The highest BCUT2D eigenvalue weighted by molar-refractivity contribution is 6.74. The third-order valence-corrected chi connectivity index (χ3v) is 16.4. The minimum absolute atomic E-state index is 0.293. The fourth-order valence-corrected chi connectivity index (χ4v) is 10.3. The van der Waals surface area contributed by atoms with Gasteiger partial charge in [-0.2, -0.15) is 0 Å². The zero-order valence-electron chi connectivity index (χ0n) is 23.2. The van der Waals surface area contributed by atoms with Crippen LogP contribution >= 0.6 is 0 Å². The molecule has 4 aliphatic rings. The zero-order valence-corrected chi connectivity index (χ0v) is 24.2. The average molecular weight is 475 g/mol. The van der Waals surface area contributed by atoms with Crippen LogP contribution in [-0.2, 0) is 4.43 Å². The first kappa shape index (κ1) is 26.0. The van der Waals surface area contributed by atoms with Crippen molar-refractivity contribution in [3.8, 4) is 0 Å². The summed E-state index contributed by atoms with van der Waals surface area (Å²) in [5, 5.41) is 9.65. The van der Waals surface area contributed by atoms with Crippen LogP contribution in [0.2, 0.25) is 18.1 Å². The van der Waals surface area contributed by atoms with Gasteiger partial charge in [-0.05, 0) is 123 Å². The van der Waals surface area contributed by atoms with Gasteiger partial charge >= 0.3 is 0 Å². The Hall–Kier alpha value is -0.123. The molecule has 0 aromatic heterocycles. The lowest BCUT2D eigenvalue weighted by molar-refractivity contribution is -0.0566. The lowest BCUT2D eigenvalue weighted by Crippen LogP contribution is -2.52.